The van der Waals surface area contributed by atoms with Crippen molar-refractivity contribution in [3.63, 3.8) is 0 Å². The van der Waals surface area contributed by atoms with E-state index in [1.807, 2.05) is 37.3 Å². The molecular weight excluding hydrogens is 394 g/mol. The monoisotopic (exact) mass is 427 g/mol. The van der Waals surface area contributed by atoms with Crippen molar-refractivity contribution in [3.05, 3.63) is 35.9 Å². The minimum Gasteiger partial charge on any atom is -0.394 e. The average molecular weight is 428 g/mol. The van der Waals surface area contributed by atoms with Crippen LogP contribution in [0.25, 0.3) is 0 Å². The zero-order chi connectivity index (χ0) is 22.3. The van der Waals surface area contributed by atoms with Gasteiger partial charge in [0.1, 0.15) is 6.04 Å². The van der Waals surface area contributed by atoms with Gasteiger partial charge in [-0.3, -0.25) is 14.4 Å². The van der Waals surface area contributed by atoms with Crippen molar-refractivity contribution in [2.45, 2.75) is 51.6 Å². The molecule has 0 unspecified atom stereocenters. The lowest BCUT2D eigenvalue weighted by molar-refractivity contribution is -0.141. The van der Waals surface area contributed by atoms with Gasteiger partial charge < -0.3 is 20.6 Å². The van der Waals surface area contributed by atoms with Crippen LogP contribution in [0, 0.1) is 23.2 Å². The van der Waals surface area contributed by atoms with Crippen molar-refractivity contribution < 1.29 is 19.5 Å². The van der Waals surface area contributed by atoms with Crippen LogP contribution < -0.4 is 10.6 Å². The third-order valence-electron chi connectivity index (χ3n) is 7.73. The van der Waals surface area contributed by atoms with E-state index < -0.39 is 12.1 Å². The molecule has 0 bridgehead atoms. The number of rotatable bonds is 7. The highest BCUT2D eigenvalue weighted by molar-refractivity contribution is 5.92. The van der Waals surface area contributed by atoms with E-state index in [4.69, 9.17) is 0 Å². The molecule has 0 radical (unpaired) electrons. The number of nitrogens with one attached hydrogen (secondary N) is 2. The van der Waals surface area contributed by atoms with Crippen molar-refractivity contribution in [2.24, 2.45) is 23.2 Å². The summed E-state index contributed by atoms with van der Waals surface area (Å²) in [5.41, 5.74) is 0.960. The van der Waals surface area contributed by atoms with E-state index in [2.05, 4.69) is 24.5 Å². The Labute approximate surface area is 183 Å². The number of carbonyl (C=O) groups is 3. The molecule has 3 N–H and O–H groups in total. The fourth-order valence-electron chi connectivity index (χ4n) is 5.63. The minimum absolute atomic E-state index is 0.0226. The molecule has 1 aliphatic carbocycles. The van der Waals surface area contributed by atoms with Gasteiger partial charge in [-0.05, 0) is 42.6 Å². The summed E-state index contributed by atoms with van der Waals surface area (Å²) < 4.78 is 0. The predicted molar refractivity (Wildman–Crippen MR) is 116 cm³/mol. The number of aliphatic hydroxyl groups excluding tert-OH is 1. The van der Waals surface area contributed by atoms with E-state index in [0.29, 0.717) is 31.8 Å². The first-order valence-electron chi connectivity index (χ1n) is 11.3. The standard InChI is InChI=1S/C24H33N3O4/c1-14(15-7-5-4-6-8-15)23(31)27-12-18-19(24(18,2)3)20(27)22(30)26-17(13-28)11-16-9-10-25-21(16)29/h4-8,14,16-20,28H,9-13H2,1-3H3,(H,25,29)(H,26,30)/t14-,16+,17+,18+,19+,20+/m1/s1. The predicted octanol–water partition coefficient (Wildman–Crippen LogP) is 1.28. The van der Waals surface area contributed by atoms with Crippen LogP contribution in [0.4, 0.5) is 0 Å². The van der Waals surface area contributed by atoms with Crippen LogP contribution in [0.15, 0.2) is 30.3 Å². The molecule has 0 aromatic heterocycles. The molecule has 1 saturated carbocycles. The number of piperidine rings is 1. The van der Waals surface area contributed by atoms with Crippen LogP contribution in [-0.4, -0.2) is 59.5 Å². The molecule has 1 aromatic carbocycles. The Kier molecular flexibility index (Phi) is 5.81. The summed E-state index contributed by atoms with van der Waals surface area (Å²) in [6.07, 6.45) is 1.12. The van der Waals surface area contributed by atoms with Crippen molar-refractivity contribution in [3.8, 4) is 0 Å². The van der Waals surface area contributed by atoms with E-state index in [1.165, 1.54) is 0 Å². The lowest BCUT2D eigenvalue weighted by Crippen LogP contribution is -2.53. The number of hydrogen-bond donors (Lipinski definition) is 3. The quantitative estimate of drug-likeness (QED) is 0.610. The number of likely N-dealkylation sites (tertiary alicyclic amines) is 1. The Hall–Kier alpha value is -2.41. The smallest absolute Gasteiger partial charge is 0.243 e. The summed E-state index contributed by atoms with van der Waals surface area (Å²) in [6, 6.07) is 8.59. The summed E-state index contributed by atoms with van der Waals surface area (Å²) in [7, 11) is 0. The highest BCUT2D eigenvalue weighted by Gasteiger charge is 2.69. The Morgan fingerprint density at radius 1 is 1.29 bits per heavy atom. The zero-order valence-corrected chi connectivity index (χ0v) is 18.5. The average Bonchev–Trinajstić information content (AvgIpc) is 3.13. The van der Waals surface area contributed by atoms with E-state index in [-0.39, 0.29) is 47.5 Å². The maximum absolute atomic E-state index is 13.4. The number of fused-ring (bicyclic) bond motifs is 1. The molecule has 7 heteroatoms. The summed E-state index contributed by atoms with van der Waals surface area (Å²) in [6.45, 7) is 7.18. The largest absolute Gasteiger partial charge is 0.394 e. The third-order valence-corrected chi connectivity index (χ3v) is 7.73. The lowest BCUT2D eigenvalue weighted by Gasteiger charge is -2.33. The number of nitrogens with zero attached hydrogens (tertiary/aromatic N) is 1. The number of carbonyl (C=O) groups excluding carboxylic acids is 3. The first-order chi connectivity index (χ1) is 14.8. The summed E-state index contributed by atoms with van der Waals surface area (Å²) in [4.78, 5) is 40.4. The number of hydrogen-bond acceptors (Lipinski definition) is 4. The molecule has 3 amide bonds. The van der Waals surface area contributed by atoms with Crippen molar-refractivity contribution in [2.75, 3.05) is 19.7 Å². The van der Waals surface area contributed by atoms with Crippen LogP contribution in [0.2, 0.25) is 0 Å². The minimum atomic E-state index is -0.537. The first-order valence-corrected chi connectivity index (χ1v) is 11.3. The van der Waals surface area contributed by atoms with Gasteiger partial charge in [-0.25, -0.2) is 0 Å². The van der Waals surface area contributed by atoms with Gasteiger partial charge in [-0.2, -0.15) is 0 Å². The maximum Gasteiger partial charge on any atom is 0.243 e. The van der Waals surface area contributed by atoms with Crippen LogP contribution >= 0.6 is 0 Å². The Balaban J connectivity index is 1.48. The molecule has 2 aliphatic heterocycles. The Morgan fingerprint density at radius 2 is 2.00 bits per heavy atom. The van der Waals surface area contributed by atoms with Crippen molar-refractivity contribution >= 4 is 17.7 Å². The van der Waals surface area contributed by atoms with Crippen molar-refractivity contribution in [1.82, 2.24) is 15.5 Å². The molecule has 3 aliphatic rings. The van der Waals surface area contributed by atoms with Gasteiger partial charge in [0.25, 0.3) is 0 Å². The fourth-order valence-corrected chi connectivity index (χ4v) is 5.63. The second kappa shape index (κ2) is 8.26. The molecule has 6 atom stereocenters. The van der Waals surface area contributed by atoms with E-state index in [0.717, 1.165) is 5.56 Å². The van der Waals surface area contributed by atoms with Crippen LogP contribution in [0.3, 0.4) is 0 Å². The van der Waals surface area contributed by atoms with Gasteiger partial charge in [-0.15, -0.1) is 0 Å². The molecule has 168 valence electrons. The number of amides is 3. The highest BCUT2D eigenvalue weighted by Crippen LogP contribution is 2.65. The van der Waals surface area contributed by atoms with Gasteiger partial charge in [0, 0.05) is 19.0 Å². The van der Waals surface area contributed by atoms with Crippen LogP contribution in [0.1, 0.15) is 45.1 Å². The highest BCUT2D eigenvalue weighted by atomic mass is 16.3. The molecule has 3 fully saturated rings. The molecule has 1 aromatic rings. The fraction of sp³-hybridized carbons (Fsp3) is 0.625. The summed E-state index contributed by atoms with van der Waals surface area (Å²) in [5.74, 6) is -0.369. The second-order valence-electron chi connectivity index (χ2n) is 9.92. The van der Waals surface area contributed by atoms with Gasteiger partial charge >= 0.3 is 0 Å². The summed E-state index contributed by atoms with van der Waals surface area (Å²) in [5, 5.41) is 15.6. The van der Waals surface area contributed by atoms with E-state index in [1.54, 1.807) is 4.90 Å². The van der Waals surface area contributed by atoms with E-state index >= 15 is 0 Å². The molecule has 31 heavy (non-hydrogen) atoms. The number of aliphatic hydroxyl groups is 1. The molecule has 4 rings (SSSR count). The molecule has 0 spiro atoms. The SMILES string of the molecule is C[C@@H](C(=O)N1C[C@H]2[C@@H]([C@H]1C(=O)N[C@H](CO)C[C@@H]1CCNC1=O)C2(C)C)c1ccccc1. The molecule has 2 saturated heterocycles. The first kappa shape index (κ1) is 21.8. The Morgan fingerprint density at radius 3 is 2.61 bits per heavy atom. The topological polar surface area (TPSA) is 98.7 Å². The molecular formula is C24H33N3O4. The normalized spacial score (nSPS) is 30.3. The zero-order valence-electron chi connectivity index (χ0n) is 18.5. The molecule has 7 nitrogen and oxygen atoms in total. The maximum atomic E-state index is 13.4. The second-order valence-corrected chi connectivity index (χ2v) is 9.92. The Bertz CT molecular complexity index is 856. The van der Waals surface area contributed by atoms with Gasteiger partial charge in [0.2, 0.25) is 17.7 Å². The third kappa shape index (κ3) is 3.95. The lowest BCUT2D eigenvalue weighted by atomic mass is 9.95. The molecule has 2 heterocycles. The van der Waals surface area contributed by atoms with Gasteiger partial charge in [0.05, 0.1) is 18.6 Å². The van der Waals surface area contributed by atoms with E-state index in [9.17, 15) is 19.5 Å². The van der Waals surface area contributed by atoms with Gasteiger partial charge in [0.15, 0.2) is 0 Å². The van der Waals surface area contributed by atoms with Gasteiger partial charge in [-0.1, -0.05) is 44.2 Å². The van der Waals surface area contributed by atoms with Crippen molar-refractivity contribution in [1.29, 1.82) is 0 Å². The summed E-state index contributed by atoms with van der Waals surface area (Å²) >= 11 is 0. The van der Waals surface area contributed by atoms with Crippen LogP contribution in [0.5, 0.6) is 0 Å². The number of benzene rings is 1. The van der Waals surface area contributed by atoms with Crippen LogP contribution in [-0.2, 0) is 14.4 Å².